The second kappa shape index (κ2) is 6.48. The molecule has 1 aromatic carbocycles. The van der Waals surface area contributed by atoms with Crippen LogP contribution in [0.4, 0.5) is 0 Å². The molecular weight excluding hydrogens is 242 g/mol. The van der Waals surface area contributed by atoms with E-state index in [0.29, 0.717) is 18.4 Å². The van der Waals surface area contributed by atoms with Gasteiger partial charge in [-0.25, -0.2) is 0 Å². The van der Waals surface area contributed by atoms with Gasteiger partial charge in [-0.3, -0.25) is 4.21 Å². The summed E-state index contributed by atoms with van der Waals surface area (Å²) in [5.74, 6) is 2.40. The lowest BCUT2D eigenvalue weighted by atomic mass is 9.84. The van der Waals surface area contributed by atoms with Crippen molar-refractivity contribution in [1.29, 1.82) is 0 Å². The van der Waals surface area contributed by atoms with E-state index in [1.807, 2.05) is 0 Å². The number of nitrogens with two attached hydrogens (primary N) is 1. The third-order valence-electron chi connectivity index (χ3n) is 3.75. The van der Waals surface area contributed by atoms with Gasteiger partial charge in [0.05, 0.1) is 0 Å². The van der Waals surface area contributed by atoms with Crippen LogP contribution in [-0.4, -0.2) is 22.3 Å². The quantitative estimate of drug-likeness (QED) is 0.888. The number of hydrogen-bond acceptors (Lipinski definition) is 2. The lowest BCUT2D eigenvalue weighted by Gasteiger charge is -2.25. The molecule has 1 aliphatic rings. The van der Waals surface area contributed by atoms with E-state index >= 15 is 0 Å². The molecule has 0 aromatic heterocycles. The Bertz CT molecular complexity index is 419. The lowest BCUT2D eigenvalue weighted by Crippen LogP contribution is -2.22. The average Bonchev–Trinajstić information content (AvgIpc) is 2.39. The summed E-state index contributed by atoms with van der Waals surface area (Å²) in [5, 5.41) is 0. The van der Waals surface area contributed by atoms with Crippen molar-refractivity contribution in [2.24, 2.45) is 11.7 Å². The summed E-state index contributed by atoms with van der Waals surface area (Å²) in [7, 11) is -0.735. The van der Waals surface area contributed by atoms with Crippen LogP contribution in [0.1, 0.15) is 36.8 Å². The molecule has 3 heteroatoms. The average molecular weight is 265 g/mol. The van der Waals surface area contributed by atoms with Crippen molar-refractivity contribution >= 4 is 10.8 Å². The first-order valence-corrected chi connectivity index (χ1v) is 8.32. The van der Waals surface area contributed by atoms with Crippen LogP contribution in [0.15, 0.2) is 24.3 Å². The van der Waals surface area contributed by atoms with E-state index in [2.05, 4.69) is 31.2 Å². The minimum absolute atomic E-state index is 0.365. The van der Waals surface area contributed by atoms with Crippen LogP contribution in [0.5, 0.6) is 0 Å². The predicted molar refractivity (Wildman–Crippen MR) is 78.2 cm³/mol. The zero-order chi connectivity index (χ0) is 13.0. The standard InChI is InChI=1S/C15H23NOS/c1-12(9-16)10-18(17)11-14-7-4-6-13-5-2-3-8-15(13)14/h2-3,5,8,12,14H,4,6-7,9-11,16H2,1H3. The van der Waals surface area contributed by atoms with Crippen LogP contribution >= 0.6 is 0 Å². The minimum Gasteiger partial charge on any atom is -0.330 e. The predicted octanol–water partition coefficient (Wildman–Crippen LogP) is 2.45. The smallest absolute Gasteiger partial charge is 0.0303 e. The highest BCUT2D eigenvalue weighted by Gasteiger charge is 2.22. The van der Waals surface area contributed by atoms with Gasteiger partial charge in [-0.1, -0.05) is 31.2 Å². The molecule has 100 valence electrons. The molecule has 2 N–H and O–H groups in total. The first kappa shape index (κ1) is 13.8. The first-order valence-electron chi connectivity index (χ1n) is 6.83. The number of aryl methyl sites for hydroxylation is 1. The van der Waals surface area contributed by atoms with Gasteiger partial charge in [0, 0.05) is 22.3 Å². The van der Waals surface area contributed by atoms with Crippen molar-refractivity contribution in [3.05, 3.63) is 35.4 Å². The van der Waals surface area contributed by atoms with Gasteiger partial charge in [-0.2, -0.15) is 0 Å². The van der Waals surface area contributed by atoms with Gasteiger partial charge >= 0.3 is 0 Å². The molecular formula is C15H23NOS. The molecule has 0 aliphatic heterocycles. The highest BCUT2D eigenvalue weighted by Crippen LogP contribution is 2.32. The summed E-state index contributed by atoms with van der Waals surface area (Å²) in [4.78, 5) is 0. The van der Waals surface area contributed by atoms with Crippen molar-refractivity contribution < 1.29 is 4.21 Å². The van der Waals surface area contributed by atoms with Crippen LogP contribution in [0.25, 0.3) is 0 Å². The summed E-state index contributed by atoms with van der Waals surface area (Å²) in [6, 6.07) is 8.63. The van der Waals surface area contributed by atoms with Crippen molar-refractivity contribution in [2.45, 2.75) is 32.1 Å². The summed E-state index contributed by atoms with van der Waals surface area (Å²) in [5.41, 5.74) is 8.48. The Balaban J connectivity index is 2.01. The Labute approximate surface area is 112 Å². The molecule has 0 saturated heterocycles. The molecule has 3 atom stereocenters. The highest BCUT2D eigenvalue weighted by molar-refractivity contribution is 7.85. The van der Waals surface area contributed by atoms with Gasteiger partial charge < -0.3 is 5.73 Å². The fraction of sp³-hybridized carbons (Fsp3) is 0.600. The Morgan fingerprint density at radius 1 is 1.44 bits per heavy atom. The number of hydrogen-bond donors (Lipinski definition) is 1. The minimum atomic E-state index is -0.735. The second-order valence-corrected chi connectivity index (χ2v) is 6.95. The van der Waals surface area contributed by atoms with Gasteiger partial charge in [-0.05, 0) is 48.8 Å². The van der Waals surface area contributed by atoms with E-state index in [1.54, 1.807) is 0 Å². The topological polar surface area (TPSA) is 43.1 Å². The monoisotopic (exact) mass is 265 g/mol. The summed E-state index contributed by atoms with van der Waals surface area (Å²) < 4.78 is 12.1. The van der Waals surface area contributed by atoms with Crippen molar-refractivity contribution in [3.8, 4) is 0 Å². The van der Waals surface area contributed by atoms with Gasteiger partial charge in [0.15, 0.2) is 0 Å². The number of benzene rings is 1. The molecule has 0 amide bonds. The third kappa shape index (κ3) is 3.42. The van der Waals surface area contributed by atoms with Gasteiger partial charge in [0.2, 0.25) is 0 Å². The van der Waals surface area contributed by atoms with Crippen molar-refractivity contribution in [3.63, 3.8) is 0 Å². The molecule has 18 heavy (non-hydrogen) atoms. The molecule has 2 rings (SSSR count). The molecule has 1 aromatic rings. The SMILES string of the molecule is CC(CN)CS(=O)CC1CCCc2ccccc21. The fourth-order valence-corrected chi connectivity index (χ4v) is 4.41. The zero-order valence-corrected chi connectivity index (χ0v) is 11.9. The van der Waals surface area contributed by atoms with E-state index in [4.69, 9.17) is 5.73 Å². The Kier molecular flexibility index (Phi) is 4.95. The Morgan fingerprint density at radius 2 is 2.22 bits per heavy atom. The van der Waals surface area contributed by atoms with Gasteiger partial charge in [0.1, 0.15) is 0 Å². The van der Waals surface area contributed by atoms with E-state index < -0.39 is 10.8 Å². The second-order valence-electron chi connectivity index (χ2n) is 5.40. The maximum absolute atomic E-state index is 12.1. The molecule has 2 nitrogen and oxygen atoms in total. The van der Waals surface area contributed by atoms with E-state index in [1.165, 1.54) is 30.4 Å². The van der Waals surface area contributed by atoms with Gasteiger partial charge in [-0.15, -0.1) is 0 Å². The Hall–Kier alpha value is -0.670. The lowest BCUT2D eigenvalue weighted by molar-refractivity contribution is 0.583. The largest absolute Gasteiger partial charge is 0.330 e. The van der Waals surface area contributed by atoms with Crippen LogP contribution in [0.2, 0.25) is 0 Å². The number of rotatable bonds is 5. The Morgan fingerprint density at radius 3 is 3.00 bits per heavy atom. The zero-order valence-electron chi connectivity index (χ0n) is 11.1. The number of fused-ring (bicyclic) bond motifs is 1. The molecule has 0 saturated carbocycles. The molecule has 0 radical (unpaired) electrons. The van der Waals surface area contributed by atoms with Crippen LogP contribution in [0.3, 0.4) is 0 Å². The molecule has 1 aliphatic carbocycles. The van der Waals surface area contributed by atoms with Crippen LogP contribution < -0.4 is 5.73 Å². The summed E-state index contributed by atoms with van der Waals surface area (Å²) in [6.07, 6.45) is 3.59. The van der Waals surface area contributed by atoms with Crippen molar-refractivity contribution in [2.75, 3.05) is 18.1 Å². The molecule has 0 fully saturated rings. The van der Waals surface area contributed by atoms with Crippen LogP contribution in [0, 0.1) is 5.92 Å². The normalized spacial score (nSPS) is 22.2. The van der Waals surface area contributed by atoms with Crippen molar-refractivity contribution in [1.82, 2.24) is 0 Å². The molecule has 3 unspecified atom stereocenters. The summed E-state index contributed by atoms with van der Waals surface area (Å²) >= 11 is 0. The third-order valence-corrected chi connectivity index (χ3v) is 5.47. The molecule has 0 spiro atoms. The van der Waals surface area contributed by atoms with E-state index in [-0.39, 0.29) is 0 Å². The highest BCUT2D eigenvalue weighted by atomic mass is 32.2. The van der Waals surface area contributed by atoms with E-state index in [9.17, 15) is 4.21 Å². The summed E-state index contributed by atoms with van der Waals surface area (Å²) in [6.45, 7) is 2.71. The van der Waals surface area contributed by atoms with Crippen LogP contribution in [-0.2, 0) is 17.2 Å². The van der Waals surface area contributed by atoms with E-state index in [0.717, 1.165) is 11.5 Å². The molecule has 0 bridgehead atoms. The maximum atomic E-state index is 12.1. The first-order chi connectivity index (χ1) is 8.70. The fourth-order valence-electron chi connectivity index (χ4n) is 2.71. The molecule has 0 heterocycles. The van der Waals surface area contributed by atoms with Gasteiger partial charge in [0.25, 0.3) is 0 Å². The maximum Gasteiger partial charge on any atom is 0.0303 e.